The van der Waals surface area contributed by atoms with Crippen molar-refractivity contribution in [3.63, 3.8) is 0 Å². The summed E-state index contributed by atoms with van der Waals surface area (Å²) in [7, 11) is 0. The van der Waals surface area contributed by atoms with E-state index < -0.39 is 0 Å². The van der Waals surface area contributed by atoms with Crippen LogP contribution in [0.5, 0.6) is 0 Å². The van der Waals surface area contributed by atoms with E-state index in [0.29, 0.717) is 18.0 Å². The molecule has 3 rings (SSSR count). The SMILES string of the molecule is C[C@H]1CC[C@@H](C(N)=O)CN1c1cc(=O)n2ccccc2n1. The molecule has 1 fully saturated rings. The highest BCUT2D eigenvalue weighted by Crippen LogP contribution is 2.25. The Morgan fingerprint density at radius 3 is 2.95 bits per heavy atom. The number of piperidine rings is 1. The second-order valence-corrected chi connectivity index (χ2v) is 5.56. The van der Waals surface area contributed by atoms with Gasteiger partial charge in [0.15, 0.2) is 0 Å². The van der Waals surface area contributed by atoms with Crippen LogP contribution in [0.3, 0.4) is 0 Å². The average Bonchev–Trinajstić information content (AvgIpc) is 2.47. The van der Waals surface area contributed by atoms with Crippen molar-refractivity contribution in [1.82, 2.24) is 9.38 Å². The summed E-state index contributed by atoms with van der Waals surface area (Å²) in [5.74, 6) is 0.145. The molecule has 0 aliphatic carbocycles. The van der Waals surface area contributed by atoms with E-state index in [4.69, 9.17) is 5.73 Å². The molecule has 0 unspecified atom stereocenters. The molecule has 1 saturated heterocycles. The van der Waals surface area contributed by atoms with Gasteiger partial charge in [0.2, 0.25) is 5.91 Å². The van der Waals surface area contributed by atoms with Gasteiger partial charge in [-0.3, -0.25) is 14.0 Å². The fourth-order valence-electron chi connectivity index (χ4n) is 2.85. The van der Waals surface area contributed by atoms with E-state index in [-0.39, 0.29) is 23.4 Å². The predicted molar refractivity (Wildman–Crippen MR) is 80.2 cm³/mol. The highest BCUT2D eigenvalue weighted by molar-refractivity contribution is 5.77. The lowest BCUT2D eigenvalue weighted by Gasteiger charge is -2.37. The minimum atomic E-state index is -0.288. The third kappa shape index (κ3) is 2.49. The summed E-state index contributed by atoms with van der Waals surface area (Å²) in [4.78, 5) is 30.1. The van der Waals surface area contributed by atoms with Gasteiger partial charge < -0.3 is 10.6 Å². The molecule has 6 heteroatoms. The molecule has 3 heterocycles. The Bertz CT molecular complexity index is 740. The highest BCUT2D eigenvalue weighted by Gasteiger charge is 2.29. The number of carbonyl (C=O) groups is 1. The summed E-state index contributed by atoms with van der Waals surface area (Å²) in [6.07, 6.45) is 3.35. The van der Waals surface area contributed by atoms with Crippen molar-refractivity contribution in [2.45, 2.75) is 25.8 Å². The highest BCUT2D eigenvalue weighted by atomic mass is 16.1. The van der Waals surface area contributed by atoms with Crippen LogP contribution in [0.2, 0.25) is 0 Å². The van der Waals surface area contributed by atoms with Crippen LogP contribution in [-0.2, 0) is 4.79 Å². The second kappa shape index (κ2) is 5.20. The molecule has 1 aliphatic rings. The number of pyridine rings is 1. The summed E-state index contributed by atoms with van der Waals surface area (Å²) in [5.41, 5.74) is 5.91. The summed E-state index contributed by atoms with van der Waals surface area (Å²) >= 11 is 0. The number of aromatic nitrogens is 2. The van der Waals surface area contributed by atoms with Gasteiger partial charge in [-0.1, -0.05) is 6.07 Å². The summed E-state index contributed by atoms with van der Waals surface area (Å²) in [6, 6.07) is 7.19. The first-order valence-electron chi connectivity index (χ1n) is 7.10. The van der Waals surface area contributed by atoms with Crippen LogP contribution in [-0.4, -0.2) is 27.9 Å². The molecule has 2 N–H and O–H groups in total. The number of carbonyl (C=O) groups excluding carboxylic acids is 1. The van der Waals surface area contributed by atoms with Crippen molar-refractivity contribution in [3.8, 4) is 0 Å². The first-order chi connectivity index (χ1) is 10.1. The largest absolute Gasteiger partial charge is 0.369 e. The van der Waals surface area contributed by atoms with E-state index in [0.717, 1.165) is 12.8 Å². The number of hydrogen-bond acceptors (Lipinski definition) is 4. The number of hydrogen-bond donors (Lipinski definition) is 1. The maximum absolute atomic E-state index is 12.2. The van der Waals surface area contributed by atoms with E-state index in [1.165, 1.54) is 10.5 Å². The first-order valence-corrected chi connectivity index (χ1v) is 7.10. The van der Waals surface area contributed by atoms with Gasteiger partial charge in [-0.15, -0.1) is 0 Å². The molecule has 0 spiro atoms. The number of anilines is 1. The van der Waals surface area contributed by atoms with Crippen LogP contribution in [0.4, 0.5) is 5.82 Å². The van der Waals surface area contributed by atoms with E-state index in [1.807, 2.05) is 11.0 Å². The van der Waals surface area contributed by atoms with Crippen molar-refractivity contribution in [3.05, 3.63) is 40.8 Å². The minimum absolute atomic E-state index is 0.121. The zero-order chi connectivity index (χ0) is 15.0. The third-order valence-corrected chi connectivity index (χ3v) is 4.14. The molecular weight excluding hydrogens is 268 g/mol. The van der Waals surface area contributed by atoms with Gasteiger partial charge in [-0.25, -0.2) is 4.98 Å². The molecule has 2 aromatic heterocycles. The van der Waals surface area contributed by atoms with E-state index in [9.17, 15) is 9.59 Å². The van der Waals surface area contributed by atoms with Gasteiger partial charge in [-0.05, 0) is 31.9 Å². The van der Waals surface area contributed by atoms with Gasteiger partial charge in [0, 0.05) is 24.8 Å². The molecule has 1 aliphatic heterocycles. The molecule has 1 amide bonds. The Labute approximate surface area is 122 Å². The molecule has 0 aromatic carbocycles. The van der Waals surface area contributed by atoms with Gasteiger partial charge in [0.25, 0.3) is 5.56 Å². The summed E-state index contributed by atoms with van der Waals surface area (Å²) in [6.45, 7) is 2.59. The molecule has 0 radical (unpaired) electrons. The third-order valence-electron chi connectivity index (χ3n) is 4.14. The van der Waals surface area contributed by atoms with Gasteiger partial charge in [-0.2, -0.15) is 0 Å². The molecule has 2 aromatic rings. The van der Waals surface area contributed by atoms with Crippen molar-refractivity contribution >= 4 is 17.4 Å². The number of nitrogens with zero attached hydrogens (tertiary/aromatic N) is 3. The number of primary amides is 1. The molecule has 21 heavy (non-hydrogen) atoms. The Balaban J connectivity index is 2.02. The van der Waals surface area contributed by atoms with Crippen LogP contribution in [0.15, 0.2) is 35.3 Å². The van der Waals surface area contributed by atoms with Crippen molar-refractivity contribution in [2.24, 2.45) is 11.7 Å². The molecule has 0 saturated carbocycles. The van der Waals surface area contributed by atoms with Gasteiger partial charge >= 0.3 is 0 Å². The lowest BCUT2D eigenvalue weighted by atomic mass is 9.93. The van der Waals surface area contributed by atoms with E-state index in [2.05, 4.69) is 11.9 Å². The Kier molecular flexibility index (Phi) is 3.37. The van der Waals surface area contributed by atoms with Gasteiger partial charge in [0.05, 0.1) is 5.92 Å². The summed E-state index contributed by atoms with van der Waals surface area (Å²) in [5, 5.41) is 0. The maximum Gasteiger partial charge on any atom is 0.259 e. The number of rotatable bonds is 2. The van der Waals surface area contributed by atoms with Crippen LogP contribution in [0.25, 0.3) is 5.65 Å². The van der Waals surface area contributed by atoms with Crippen LogP contribution >= 0.6 is 0 Å². The van der Waals surface area contributed by atoms with Gasteiger partial charge in [0.1, 0.15) is 11.5 Å². The lowest BCUT2D eigenvalue weighted by molar-refractivity contribution is -0.122. The molecule has 0 bridgehead atoms. The number of fused-ring (bicyclic) bond motifs is 1. The fraction of sp³-hybridized carbons (Fsp3) is 0.400. The Hall–Kier alpha value is -2.37. The first kappa shape index (κ1) is 13.6. The standard InChI is InChI=1S/C15H18N4O2/c1-10-5-6-11(15(16)21)9-19(10)13-8-14(20)18-7-3-2-4-12(18)17-13/h2-4,7-8,10-11H,5-6,9H2,1H3,(H2,16,21)/t10-,11+/m0/s1. The molecule has 110 valence electrons. The zero-order valence-corrected chi connectivity index (χ0v) is 11.9. The normalized spacial score (nSPS) is 22.4. The number of nitrogens with two attached hydrogens (primary N) is 1. The van der Waals surface area contributed by atoms with Crippen LogP contribution in [0, 0.1) is 5.92 Å². The van der Waals surface area contributed by atoms with Crippen molar-refractivity contribution < 1.29 is 4.79 Å². The van der Waals surface area contributed by atoms with Crippen LogP contribution in [0.1, 0.15) is 19.8 Å². The predicted octanol–water partition coefficient (Wildman–Crippen LogP) is 0.785. The Morgan fingerprint density at radius 2 is 2.19 bits per heavy atom. The molecule has 6 nitrogen and oxygen atoms in total. The average molecular weight is 286 g/mol. The lowest BCUT2D eigenvalue weighted by Crippen LogP contribution is -2.46. The minimum Gasteiger partial charge on any atom is -0.369 e. The number of amides is 1. The fourth-order valence-corrected chi connectivity index (χ4v) is 2.85. The quantitative estimate of drug-likeness (QED) is 0.885. The monoisotopic (exact) mass is 286 g/mol. The molecular formula is C15H18N4O2. The van der Waals surface area contributed by atoms with Crippen LogP contribution < -0.4 is 16.2 Å². The van der Waals surface area contributed by atoms with Crippen molar-refractivity contribution in [2.75, 3.05) is 11.4 Å². The Morgan fingerprint density at radius 1 is 1.38 bits per heavy atom. The molecule has 2 atom stereocenters. The van der Waals surface area contributed by atoms with E-state index >= 15 is 0 Å². The van der Waals surface area contributed by atoms with E-state index in [1.54, 1.807) is 18.3 Å². The zero-order valence-electron chi connectivity index (χ0n) is 11.9. The van der Waals surface area contributed by atoms with Crippen molar-refractivity contribution in [1.29, 1.82) is 0 Å². The summed E-state index contributed by atoms with van der Waals surface area (Å²) < 4.78 is 1.50. The topological polar surface area (TPSA) is 80.7 Å². The smallest absolute Gasteiger partial charge is 0.259 e. The second-order valence-electron chi connectivity index (χ2n) is 5.56. The maximum atomic E-state index is 12.2.